The minimum absolute atomic E-state index is 0.205. The second-order valence-corrected chi connectivity index (χ2v) is 7.04. The zero-order valence-corrected chi connectivity index (χ0v) is 19.1. The third-order valence-corrected chi connectivity index (χ3v) is 5.03. The van der Waals surface area contributed by atoms with E-state index in [-0.39, 0.29) is 18.0 Å². The number of rotatable bonds is 10. The summed E-state index contributed by atoms with van der Waals surface area (Å²) in [5, 5.41) is 7.17. The van der Waals surface area contributed by atoms with Gasteiger partial charge in [-0.15, -0.1) is 0 Å². The average molecular weight is 453 g/mol. The zero-order chi connectivity index (χ0) is 23.8. The van der Waals surface area contributed by atoms with Crippen LogP contribution in [0.2, 0.25) is 0 Å². The summed E-state index contributed by atoms with van der Waals surface area (Å²) >= 11 is 0. The molecule has 0 aliphatic heterocycles. The van der Waals surface area contributed by atoms with E-state index in [2.05, 4.69) is 10.4 Å². The molecule has 0 aliphatic carbocycles. The second kappa shape index (κ2) is 11.0. The van der Waals surface area contributed by atoms with Crippen LogP contribution in [0.1, 0.15) is 5.56 Å². The normalized spacial score (nSPS) is 10.4. The van der Waals surface area contributed by atoms with E-state index in [9.17, 15) is 9.59 Å². The van der Waals surface area contributed by atoms with Gasteiger partial charge in [-0.25, -0.2) is 4.68 Å². The molecule has 2 aromatic carbocycles. The Bertz CT molecular complexity index is 1150. The molecule has 9 nitrogen and oxygen atoms in total. The Labute approximate surface area is 191 Å². The van der Waals surface area contributed by atoms with Gasteiger partial charge in [-0.05, 0) is 36.2 Å². The first-order chi connectivity index (χ1) is 16.0. The van der Waals surface area contributed by atoms with Crippen molar-refractivity contribution in [3.63, 3.8) is 0 Å². The van der Waals surface area contributed by atoms with Crippen LogP contribution >= 0.6 is 0 Å². The SMILES string of the molecule is COc1ccccc1CCNC(=O)Cn1nc(-c2cc(OC)c(OC)c(OC)c2)ccc1=O. The number of aromatic nitrogens is 2. The van der Waals surface area contributed by atoms with Crippen LogP contribution in [-0.4, -0.2) is 50.7 Å². The fourth-order valence-corrected chi connectivity index (χ4v) is 3.38. The highest BCUT2D eigenvalue weighted by Gasteiger charge is 2.16. The molecule has 0 spiro atoms. The maximum atomic E-state index is 12.4. The molecule has 0 saturated heterocycles. The Morgan fingerprint density at radius 3 is 2.21 bits per heavy atom. The number of amides is 1. The average Bonchev–Trinajstić information content (AvgIpc) is 2.84. The molecule has 9 heteroatoms. The van der Waals surface area contributed by atoms with E-state index in [0.29, 0.717) is 41.5 Å². The molecule has 1 heterocycles. The smallest absolute Gasteiger partial charge is 0.267 e. The summed E-state index contributed by atoms with van der Waals surface area (Å²) in [6, 6.07) is 14.0. The van der Waals surface area contributed by atoms with Crippen molar-refractivity contribution in [3.05, 3.63) is 64.4 Å². The van der Waals surface area contributed by atoms with Crippen LogP contribution in [0.5, 0.6) is 23.0 Å². The Morgan fingerprint density at radius 1 is 0.909 bits per heavy atom. The number of ether oxygens (including phenoxy) is 4. The van der Waals surface area contributed by atoms with Crippen molar-refractivity contribution in [1.82, 2.24) is 15.1 Å². The van der Waals surface area contributed by atoms with Crippen LogP contribution in [0.4, 0.5) is 0 Å². The predicted octanol–water partition coefficient (Wildman–Crippen LogP) is 2.30. The summed E-state index contributed by atoms with van der Waals surface area (Å²) in [5.41, 5.74) is 1.73. The molecule has 0 saturated carbocycles. The van der Waals surface area contributed by atoms with Gasteiger partial charge in [0.2, 0.25) is 11.7 Å². The summed E-state index contributed by atoms with van der Waals surface area (Å²) in [6.07, 6.45) is 0.601. The Hall–Kier alpha value is -4.01. The fourth-order valence-electron chi connectivity index (χ4n) is 3.38. The molecule has 33 heavy (non-hydrogen) atoms. The monoisotopic (exact) mass is 453 g/mol. The Balaban J connectivity index is 1.74. The van der Waals surface area contributed by atoms with Gasteiger partial charge in [0.1, 0.15) is 12.3 Å². The van der Waals surface area contributed by atoms with Gasteiger partial charge in [0.15, 0.2) is 11.5 Å². The van der Waals surface area contributed by atoms with Crippen molar-refractivity contribution < 1.29 is 23.7 Å². The van der Waals surface area contributed by atoms with Crippen LogP contribution < -0.4 is 29.8 Å². The van der Waals surface area contributed by atoms with Crippen LogP contribution in [0.3, 0.4) is 0 Å². The Morgan fingerprint density at radius 2 is 1.58 bits per heavy atom. The molecule has 174 valence electrons. The van der Waals surface area contributed by atoms with Crippen molar-refractivity contribution in [3.8, 4) is 34.3 Å². The number of carbonyl (C=O) groups is 1. The van der Waals surface area contributed by atoms with Crippen molar-refractivity contribution in [2.75, 3.05) is 35.0 Å². The third-order valence-electron chi connectivity index (χ3n) is 5.03. The van der Waals surface area contributed by atoms with E-state index in [0.717, 1.165) is 16.0 Å². The first-order valence-electron chi connectivity index (χ1n) is 10.3. The molecule has 1 amide bonds. The van der Waals surface area contributed by atoms with Crippen molar-refractivity contribution in [2.24, 2.45) is 0 Å². The highest BCUT2D eigenvalue weighted by Crippen LogP contribution is 2.40. The summed E-state index contributed by atoms with van der Waals surface area (Å²) < 4.78 is 22.6. The number of nitrogens with one attached hydrogen (secondary N) is 1. The summed E-state index contributed by atoms with van der Waals surface area (Å²) in [5.74, 6) is 1.82. The van der Waals surface area contributed by atoms with E-state index in [1.54, 1.807) is 25.3 Å². The molecular formula is C24H27N3O6. The van der Waals surface area contributed by atoms with Crippen LogP contribution in [0.25, 0.3) is 11.3 Å². The fraction of sp³-hybridized carbons (Fsp3) is 0.292. The van der Waals surface area contributed by atoms with E-state index in [1.807, 2.05) is 24.3 Å². The molecule has 0 atom stereocenters. The lowest BCUT2D eigenvalue weighted by atomic mass is 10.1. The largest absolute Gasteiger partial charge is 0.496 e. The number of para-hydroxylation sites is 1. The van der Waals surface area contributed by atoms with Crippen LogP contribution in [-0.2, 0) is 17.8 Å². The summed E-state index contributed by atoms with van der Waals surface area (Å²) in [6.45, 7) is 0.198. The number of benzene rings is 2. The topological polar surface area (TPSA) is 101 Å². The molecule has 1 aromatic heterocycles. The third kappa shape index (κ3) is 5.62. The quantitative estimate of drug-likeness (QED) is 0.503. The van der Waals surface area contributed by atoms with E-state index in [1.165, 1.54) is 27.4 Å². The first-order valence-corrected chi connectivity index (χ1v) is 10.3. The number of nitrogens with zero attached hydrogens (tertiary/aromatic N) is 2. The molecule has 0 aliphatic rings. The molecule has 0 unspecified atom stereocenters. The highest BCUT2D eigenvalue weighted by atomic mass is 16.5. The molecular weight excluding hydrogens is 426 g/mol. The number of hydrogen-bond donors (Lipinski definition) is 1. The van der Waals surface area contributed by atoms with Crippen molar-refractivity contribution in [1.29, 1.82) is 0 Å². The van der Waals surface area contributed by atoms with Gasteiger partial charge in [0.25, 0.3) is 5.56 Å². The maximum Gasteiger partial charge on any atom is 0.267 e. The Kier molecular flexibility index (Phi) is 7.91. The minimum Gasteiger partial charge on any atom is -0.496 e. The van der Waals surface area contributed by atoms with E-state index < -0.39 is 0 Å². The van der Waals surface area contributed by atoms with Crippen molar-refractivity contribution >= 4 is 5.91 Å². The summed E-state index contributed by atoms with van der Waals surface area (Å²) in [4.78, 5) is 24.7. The van der Waals surface area contributed by atoms with E-state index >= 15 is 0 Å². The lowest BCUT2D eigenvalue weighted by Gasteiger charge is -2.14. The predicted molar refractivity (Wildman–Crippen MR) is 123 cm³/mol. The molecule has 0 radical (unpaired) electrons. The van der Waals surface area contributed by atoms with Gasteiger partial charge in [0.05, 0.1) is 34.1 Å². The van der Waals surface area contributed by atoms with Crippen molar-refractivity contribution in [2.45, 2.75) is 13.0 Å². The molecule has 3 aromatic rings. The zero-order valence-electron chi connectivity index (χ0n) is 19.1. The van der Waals surface area contributed by atoms with E-state index in [4.69, 9.17) is 18.9 Å². The molecule has 0 bridgehead atoms. The first kappa shape index (κ1) is 23.6. The van der Waals surface area contributed by atoms with Gasteiger partial charge < -0.3 is 24.3 Å². The molecule has 3 rings (SSSR count). The lowest BCUT2D eigenvalue weighted by Crippen LogP contribution is -2.34. The molecule has 1 N–H and O–H groups in total. The highest BCUT2D eigenvalue weighted by molar-refractivity contribution is 5.75. The summed E-state index contributed by atoms with van der Waals surface area (Å²) in [7, 11) is 6.16. The van der Waals surface area contributed by atoms with Crippen LogP contribution in [0.15, 0.2) is 53.3 Å². The van der Waals surface area contributed by atoms with Crippen LogP contribution in [0, 0.1) is 0 Å². The second-order valence-electron chi connectivity index (χ2n) is 7.04. The lowest BCUT2D eigenvalue weighted by molar-refractivity contribution is -0.121. The maximum absolute atomic E-state index is 12.4. The minimum atomic E-state index is -0.383. The number of hydrogen-bond acceptors (Lipinski definition) is 7. The standard InChI is InChI=1S/C24H27N3O6/c1-30-19-8-6-5-7-16(19)11-12-25-22(28)15-27-23(29)10-9-18(26-27)17-13-20(31-2)24(33-4)21(14-17)32-3/h5-10,13-14H,11-12,15H2,1-4H3,(H,25,28). The van der Waals surface area contributed by atoms with Gasteiger partial charge in [-0.1, -0.05) is 18.2 Å². The number of methoxy groups -OCH3 is 4. The van der Waals surface area contributed by atoms with Gasteiger partial charge in [-0.2, -0.15) is 5.10 Å². The van der Waals surface area contributed by atoms with Gasteiger partial charge in [-0.3, -0.25) is 9.59 Å². The molecule has 0 fully saturated rings. The van der Waals surface area contributed by atoms with Gasteiger partial charge in [0, 0.05) is 18.2 Å². The van der Waals surface area contributed by atoms with Gasteiger partial charge >= 0.3 is 0 Å². The number of carbonyl (C=O) groups excluding carboxylic acids is 1.